The van der Waals surface area contributed by atoms with E-state index < -0.39 is 70.4 Å². The number of aryl methyl sites for hydroxylation is 1. The van der Waals surface area contributed by atoms with Gasteiger partial charge in [-0.15, -0.1) is 5.92 Å². The normalized spacial score (nSPS) is 21.4. The Morgan fingerprint density at radius 1 is 1.11 bits per heavy atom. The first kappa shape index (κ1) is 38.4. The number of fused-ring (bicyclic) bond motifs is 3. The number of nitrogen functional groups attached to an aromatic ring is 1. The molecule has 3 aromatic rings. The molecule has 0 radical (unpaired) electrons. The maximum absolute atomic E-state index is 15.7. The highest BCUT2D eigenvalue weighted by Gasteiger charge is 2.48. The van der Waals surface area contributed by atoms with Crippen LogP contribution in [0.1, 0.15) is 88.4 Å². The van der Waals surface area contributed by atoms with E-state index in [4.69, 9.17) is 20.2 Å². The third-order valence-corrected chi connectivity index (χ3v) is 10.6. The van der Waals surface area contributed by atoms with Gasteiger partial charge in [0, 0.05) is 56.8 Å². The van der Waals surface area contributed by atoms with Crippen molar-refractivity contribution in [2.24, 2.45) is 0 Å². The molecule has 2 aromatic heterocycles. The van der Waals surface area contributed by atoms with Crippen molar-refractivity contribution >= 4 is 17.4 Å². The van der Waals surface area contributed by atoms with Crippen LogP contribution in [0, 0.1) is 17.7 Å². The van der Waals surface area contributed by atoms with Crippen molar-refractivity contribution < 1.29 is 45.0 Å². The minimum Gasteiger partial charge on any atom is -0.461 e. The standard InChI is InChI=1S/C37H39F7N8O3/c1-5-8-21-13-23(45)30(38)27(28(21)36(39,40)41)26-14-24-22(18-54-26)32(47-34(46-24)55-19-35-9-6-11-51(35)16-20(2)15-35)50-10-7-12-52-25(17-50)29(37(42,43)44)31(48-52)33(53)49(3)4/h13,26H,2,6-7,9-12,14-19,45H2,1,3-4H3. The van der Waals surface area contributed by atoms with Crippen molar-refractivity contribution in [1.82, 2.24) is 29.5 Å². The minimum absolute atomic E-state index is 0.0605. The summed E-state index contributed by atoms with van der Waals surface area (Å²) in [5.41, 5.74) is 1.63. The Bertz CT molecular complexity index is 2120. The lowest BCUT2D eigenvalue weighted by Crippen LogP contribution is -2.43. The van der Waals surface area contributed by atoms with Gasteiger partial charge in [0.05, 0.1) is 47.4 Å². The number of rotatable bonds is 6. The second kappa shape index (κ2) is 14.0. The largest absolute Gasteiger partial charge is 0.461 e. The summed E-state index contributed by atoms with van der Waals surface area (Å²) in [6.45, 7) is 6.64. The van der Waals surface area contributed by atoms with E-state index in [0.29, 0.717) is 19.4 Å². The third kappa shape index (κ3) is 6.96. The summed E-state index contributed by atoms with van der Waals surface area (Å²) in [7, 11) is 2.66. The lowest BCUT2D eigenvalue weighted by Gasteiger charge is -2.33. The summed E-state index contributed by atoms with van der Waals surface area (Å²) in [6, 6.07) is 0.688. The van der Waals surface area contributed by atoms with Crippen LogP contribution in [0.4, 0.5) is 42.2 Å². The number of anilines is 2. The molecule has 1 amide bonds. The molecule has 0 bridgehead atoms. The summed E-state index contributed by atoms with van der Waals surface area (Å²) in [6.07, 6.45) is -9.13. The predicted molar refractivity (Wildman–Crippen MR) is 185 cm³/mol. The van der Waals surface area contributed by atoms with Crippen LogP contribution >= 0.6 is 0 Å². The van der Waals surface area contributed by atoms with E-state index >= 15 is 4.39 Å². The molecule has 0 saturated carbocycles. The number of halogens is 7. The molecular weight excluding hydrogens is 737 g/mol. The third-order valence-electron chi connectivity index (χ3n) is 10.6. The van der Waals surface area contributed by atoms with Crippen molar-refractivity contribution in [3.8, 4) is 17.9 Å². The number of hydrogen-bond acceptors (Lipinski definition) is 9. The lowest BCUT2D eigenvalue weighted by atomic mass is 9.90. The van der Waals surface area contributed by atoms with Crippen molar-refractivity contribution in [2.75, 3.05) is 51.0 Å². The van der Waals surface area contributed by atoms with Gasteiger partial charge >= 0.3 is 18.4 Å². The molecule has 2 N–H and O–H groups in total. The molecule has 4 aliphatic rings. The Kier molecular flexibility index (Phi) is 9.77. The molecule has 18 heteroatoms. The van der Waals surface area contributed by atoms with Crippen LogP contribution in [0.5, 0.6) is 6.01 Å². The fourth-order valence-electron chi connectivity index (χ4n) is 8.28. The Morgan fingerprint density at radius 3 is 2.55 bits per heavy atom. The molecule has 2 saturated heterocycles. The van der Waals surface area contributed by atoms with Crippen molar-refractivity contribution in [1.29, 1.82) is 0 Å². The fourth-order valence-corrected chi connectivity index (χ4v) is 8.28. The maximum atomic E-state index is 15.7. The van der Waals surface area contributed by atoms with Crippen LogP contribution in [0.25, 0.3) is 0 Å². The number of alkyl halides is 6. The molecule has 4 aliphatic heterocycles. The van der Waals surface area contributed by atoms with Crippen molar-refractivity contribution in [2.45, 2.75) is 82.7 Å². The van der Waals surface area contributed by atoms with Crippen molar-refractivity contribution in [3.05, 3.63) is 68.9 Å². The topological polar surface area (TPSA) is 115 Å². The number of carbonyl (C=O) groups is 1. The van der Waals surface area contributed by atoms with Gasteiger partial charge in [0.15, 0.2) is 11.5 Å². The highest BCUT2D eigenvalue weighted by atomic mass is 19.4. The average Bonchev–Trinajstić information content (AvgIpc) is 3.71. The van der Waals surface area contributed by atoms with E-state index in [1.807, 2.05) is 0 Å². The minimum atomic E-state index is -5.03. The average molecular weight is 777 g/mol. The van der Waals surface area contributed by atoms with E-state index in [1.165, 1.54) is 25.7 Å². The Labute approximate surface area is 312 Å². The molecule has 1 aromatic carbocycles. The number of nitrogens with zero attached hydrogens (tertiary/aromatic N) is 7. The zero-order valence-electron chi connectivity index (χ0n) is 30.4. The highest BCUT2D eigenvalue weighted by molar-refractivity contribution is 5.94. The Morgan fingerprint density at radius 2 is 1.85 bits per heavy atom. The van der Waals surface area contributed by atoms with Gasteiger partial charge in [-0.3, -0.25) is 14.4 Å². The molecule has 7 rings (SSSR count). The van der Waals surface area contributed by atoms with Gasteiger partial charge in [-0.25, -0.2) is 4.39 Å². The molecule has 0 aliphatic carbocycles. The molecule has 2 fully saturated rings. The number of hydrogen-bond donors (Lipinski definition) is 1. The van der Waals surface area contributed by atoms with Gasteiger partial charge < -0.3 is 25.0 Å². The Balaban J connectivity index is 1.33. The van der Waals surface area contributed by atoms with Gasteiger partial charge in [0.1, 0.15) is 18.0 Å². The van der Waals surface area contributed by atoms with Gasteiger partial charge in [-0.1, -0.05) is 18.1 Å². The summed E-state index contributed by atoms with van der Waals surface area (Å²) in [4.78, 5) is 27.1. The number of ether oxygens (including phenoxy) is 2. The first-order valence-corrected chi connectivity index (χ1v) is 17.7. The summed E-state index contributed by atoms with van der Waals surface area (Å²) in [5.74, 6) is 2.71. The maximum Gasteiger partial charge on any atom is 0.420 e. The van der Waals surface area contributed by atoms with Gasteiger partial charge in [-0.05, 0) is 45.2 Å². The van der Waals surface area contributed by atoms with Crippen molar-refractivity contribution in [3.63, 3.8) is 0 Å². The summed E-state index contributed by atoms with van der Waals surface area (Å²) >= 11 is 0. The van der Waals surface area contributed by atoms with Crippen LogP contribution in [0.15, 0.2) is 18.2 Å². The van der Waals surface area contributed by atoms with E-state index in [-0.39, 0.29) is 67.0 Å². The molecule has 2 atom stereocenters. The van der Waals surface area contributed by atoms with Crippen LogP contribution in [0.2, 0.25) is 0 Å². The zero-order chi connectivity index (χ0) is 39.6. The molecule has 6 heterocycles. The number of aromatic nitrogens is 4. The highest BCUT2D eigenvalue weighted by Crippen LogP contribution is 2.46. The molecule has 0 spiro atoms. The molecule has 2 unspecified atom stereocenters. The van der Waals surface area contributed by atoms with Crippen LogP contribution < -0.4 is 15.4 Å². The SMILES string of the molecule is C=C1CN2CCCC2(COc2nc3c(c(N4CCCn5nc(C(=O)N(C)C)c(C(F)(F)F)c5C4)n2)COC(c2c(F)c(N)cc(C#CC)c2C(F)(F)F)C3)C1. The van der Waals surface area contributed by atoms with E-state index in [0.717, 1.165) is 35.9 Å². The molecule has 294 valence electrons. The second-order valence-electron chi connectivity index (χ2n) is 14.6. The first-order valence-electron chi connectivity index (χ1n) is 17.7. The number of benzene rings is 1. The van der Waals surface area contributed by atoms with Gasteiger partial charge in [-0.2, -0.15) is 41.4 Å². The number of amides is 1. The first-order chi connectivity index (χ1) is 25.9. The number of carbonyl (C=O) groups excluding carboxylic acids is 1. The van der Waals surface area contributed by atoms with E-state index in [2.05, 4.69) is 33.4 Å². The lowest BCUT2D eigenvalue weighted by molar-refractivity contribution is -0.140. The second-order valence-corrected chi connectivity index (χ2v) is 14.6. The molecular formula is C37H39F7N8O3. The van der Waals surface area contributed by atoms with Crippen LogP contribution in [-0.2, 0) is 43.2 Å². The van der Waals surface area contributed by atoms with E-state index in [9.17, 15) is 31.1 Å². The fraction of sp³-hybridized carbons (Fsp3) is 0.514. The quantitative estimate of drug-likeness (QED) is 0.142. The molecule has 55 heavy (non-hydrogen) atoms. The number of nitrogens with two attached hydrogens (primary N) is 1. The van der Waals surface area contributed by atoms with Crippen LogP contribution in [0.3, 0.4) is 0 Å². The molecule has 11 nitrogen and oxygen atoms in total. The van der Waals surface area contributed by atoms with E-state index in [1.54, 1.807) is 4.90 Å². The summed E-state index contributed by atoms with van der Waals surface area (Å²) in [5, 5.41) is 4.09. The van der Waals surface area contributed by atoms with Gasteiger partial charge in [0.2, 0.25) is 0 Å². The predicted octanol–water partition coefficient (Wildman–Crippen LogP) is 5.90. The smallest absolute Gasteiger partial charge is 0.420 e. The Hall–Kier alpha value is -4.89. The summed E-state index contributed by atoms with van der Waals surface area (Å²) < 4.78 is 117. The van der Waals surface area contributed by atoms with Gasteiger partial charge in [0.25, 0.3) is 5.91 Å². The zero-order valence-corrected chi connectivity index (χ0v) is 30.4. The monoisotopic (exact) mass is 776 g/mol. The van der Waals surface area contributed by atoms with Crippen LogP contribution in [-0.4, -0.2) is 81.3 Å².